The van der Waals surface area contributed by atoms with Crippen LogP contribution in [-0.2, 0) is 40.8 Å². The summed E-state index contributed by atoms with van der Waals surface area (Å²) < 4.78 is 119. The zero-order valence-corrected chi connectivity index (χ0v) is 34.0. The molecule has 320 valence electrons. The lowest BCUT2D eigenvalue weighted by Crippen LogP contribution is -2.38. The van der Waals surface area contributed by atoms with Crippen molar-refractivity contribution in [1.29, 1.82) is 0 Å². The molecule has 1 amide bonds. The highest BCUT2D eigenvalue weighted by Gasteiger charge is 2.67. The molecule has 0 radical (unpaired) electrons. The summed E-state index contributed by atoms with van der Waals surface area (Å²) in [5.74, 6) is -8.79. The van der Waals surface area contributed by atoms with Gasteiger partial charge in [0.15, 0.2) is 11.6 Å². The van der Waals surface area contributed by atoms with Crippen LogP contribution in [-0.4, -0.2) is 59.7 Å². The van der Waals surface area contributed by atoms with E-state index in [4.69, 9.17) is 16.6 Å². The summed E-state index contributed by atoms with van der Waals surface area (Å²) in [6, 6.07) is 10.1. The molecule has 0 aliphatic heterocycles. The first-order valence-electron chi connectivity index (χ1n) is 18.8. The summed E-state index contributed by atoms with van der Waals surface area (Å²) in [6.07, 6.45) is -1.25. The fourth-order valence-corrected chi connectivity index (χ4v) is 9.04. The van der Waals surface area contributed by atoms with Gasteiger partial charge in [-0.2, -0.15) is 19.0 Å². The van der Waals surface area contributed by atoms with E-state index in [-0.39, 0.29) is 67.5 Å². The van der Waals surface area contributed by atoms with E-state index >= 15 is 8.78 Å². The van der Waals surface area contributed by atoms with Crippen LogP contribution >= 0.6 is 11.6 Å². The first kappa shape index (κ1) is 41.0. The molecule has 9 rings (SSSR count). The lowest BCUT2D eigenvalue weighted by molar-refractivity contribution is -0.123. The number of nitrogens with zero attached hydrogens (tertiary/aromatic N) is 8. The Kier molecular flexibility index (Phi) is 9.69. The number of nitrogens with one attached hydrogen (secondary N) is 2. The van der Waals surface area contributed by atoms with E-state index in [0.29, 0.717) is 22.0 Å². The van der Waals surface area contributed by atoms with Gasteiger partial charge in [-0.1, -0.05) is 17.7 Å². The number of benzene rings is 3. The largest absolute Gasteiger partial charge is 0.344 e. The number of rotatable bonds is 11. The van der Waals surface area contributed by atoms with E-state index in [2.05, 4.69) is 30.2 Å². The van der Waals surface area contributed by atoms with Gasteiger partial charge in [-0.25, -0.2) is 40.9 Å². The van der Waals surface area contributed by atoms with E-state index in [1.807, 2.05) is 0 Å². The minimum atomic E-state index is -3.91. The van der Waals surface area contributed by atoms with Crippen LogP contribution < -0.4 is 15.6 Å². The van der Waals surface area contributed by atoms with Crippen LogP contribution in [0.3, 0.4) is 0 Å². The maximum Gasteiger partial charge on any atom is 0.293 e. The molecule has 0 spiro atoms. The molecule has 62 heavy (non-hydrogen) atoms. The number of hydrogen-bond acceptors (Lipinski definition) is 9. The van der Waals surface area contributed by atoms with Gasteiger partial charge in [0.1, 0.15) is 35.4 Å². The third kappa shape index (κ3) is 7.11. The Balaban J connectivity index is 1.26. The fourth-order valence-electron chi connectivity index (χ4n) is 8.31. The molecular weight excluding hydrogens is 866 g/mol. The lowest BCUT2D eigenvalue weighted by atomic mass is 10.0. The normalized spacial score (nSPS) is 17.1. The number of carbonyl (C=O) groups excluding carboxylic acids is 1. The predicted molar refractivity (Wildman–Crippen MR) is 214 cm³/mol. The van der Waals surface area contributed by atoms with Gasteiger partial charge in [0.25, 0.3) is 17.9 Å². The second-order valence-electron chi connectivity index (χ2n) is 15.3. The number of alkyl halides is 4. The minimum Gasteiger partial charge on any atom is -0.344 e. The number of fused-ring (bicyclic) bond motifs is 5. The molecule has 1 saturated carbocycles. The van der Waals surface area contributed by atoms with Gasteiger partial charge in [0, 0.05) is 48.5 Å². The monoisotopic (exact) mass is 896 g/mol. The van der Waals surface area contributed by atoms with Crippen LogP contribution in [0.15, 0.2) is 65.6 Å². The third-order valence-corrected chi connectivity index (χ3v) is 11.7. The third-order valence-electron chi connectivity index (χ3n) is 10.9. The van der Waals surface area contributed by atoms with Crippen molar-refractivity contribution in [2.75, 3.05) is 11.0 Å². The summed E-state index contributed by atoms with van der Waals surface area (Å²) >= 11 is 6.62. The van der Waals surface area contributed by atoms with E-state index < -0.39 is 87.7 Å². The smallest absolute Gasteiger partial charge is 0.293 e. The number of hydrogen-bond donors (Lipinski definition) is 2. The topological polar surface area (TPSA) is 172 Å². The average Bonchev–Trinajstić information content (AvgIpc) is 3.72. The number of anilines is 1. The van der Waals surface area contributed by atoms with Crippen LogP contribution in [0.1, 0.15) is 58.8 Å². The van der Waals surface area contributed by atoms with Crippen molar-refractivity contribution in [3.63, 3.8) is 0 Å². The summed E-state index contributed by atoms with van der Waals surface area (Å²) in [6.45, 7) is 0.764. The molecule has 3 aromatic carbocycles. The molecular formula is C40H31ClF6N10O4S. The molecule has 22 heteroatoms. The molecule has 7 aromatic rings. The van der Waals surface area contributed by atoms with Crippen molar-refractivity contribution < 1.29 is 39.6 Å². The molecule has 2 N–H and O–H groups in total. The number of halogens is 7. The minimum absolute atomic E-state index is 0.00675. The average molecular weight is 897 g/mol. The standard InChI is InChI=1S/C40H31ClF6N10O4S/c1-17-8-9-48-36(49-17)19-4-5-22-26(13-19)51-38(57(39(22)59)28-7-6-25(41)31-33(28)55(2)53-37(31)54-62(3,60)61)27(12-18-10-20(42)14-21(43)11-18)50-29(58)16-56-34-30(32(52-56)35(44)45)23-15-24(23)40(34,46)47/h4-11,13-14,23-24,27,35H,12,15-16H2,1-3H3,(H,50,58)(H,53,54)/t23-,24+,27-/m0/s1. The van der Waals surface area contributed by atoms with Gasteiger partial charge in [-0.15, -0.1) is 0 Å². The maximum absolute atomic E-state index is 15.5. The van der Waals surface area contributed by atoms with Gasteiger partial charge in [-0.05, 0) is 67.3 Å². The maximum atomic E-state index is 15.5. The van der Waals surface area contributed by atoms with Crippen molar-refractivity contribution >= 4 is 55.2 Å². The van der Waals surface area contributed by atoms with E-state index in [9.17, 15) is 35.6 Å². The SMILES string of the molecule is Cc1ccnc(-c2ccc3c(=O)n(-c4ccc(Cl)c5c(NS(C)(=O)=O)nn(C)c45)c([C@H](Cc4cc(F)cc(F)c4)NC(=O)Cn4nc(C(F)F)c5c4C(F)(F)[C@@H]4C[C@H]54)nc3c2)n1. The molecule has 0 saturated heterocycles. The summed E-state index contributed by atoms with van der Waals surface area (Å²) in [5, 5.41) is 10.8. The van der Waals surface area contributed by atoms with Crippen molar-refractivity contribution in [3.05, 3.63) is 122 Å². The summed E-state index contributed by atoms with van der Waals surface area (Å²) in [4.78, 5) is 42.8. The molecule has 2 aliphatic rings. The summed E-state index contributed by atoms with van der Waals surface area (Å²) in [7, 11) is -2.46. The highest BCUT2D eigenvalue weighted by atomic mass is 35.5. The van der Waals surface area contributed by atoms with Gasteiger partial charge in [0.05, 0.1) is 44.8 Å². The van der Waals surface area contributed by atoms with Crippen molar-refractivity contribution in [2.45, 2.75) is 50.6 Å². The van der Waals surface area contributed by atoms with Crippen LogP contribution in [0.2, 0.25) is 5.02 Å². The number of carbonyl (C=O) groups is 1. The molecule has 0 bridgehead atoms. The zero-order valence-electron chi connectivity index (χ0n) is 32.5. The second kappa shape index (κ2) is 14.6. The van der Waals surface area contributed by atoms with Gasteiger partial charge < -0.3 is 5.32 Å². The van der Waals surface area contributed by atoms with Gasteiger partial charge in [0.2, 0.25) is 15.9 Å². The highest BCUT2D eigenvalue weighted by Crippen LogP contribution is 2.68. The fraction of sp³-hybridized carbons (Fsp3) is 0.275. The molecule has 1 fully saturated rings. The number of amides is 1. The molecule has 4 aromatic heterocycles. The van der Waals surface area contributed by atoms with Crippen LogP contribution in [0.25, 0.3) is 38.9 Å². The predicted octanol–water partition coefficient (Wildman–Crippen LogP) is 6.78. The Bertz CT molecular complexity index is 3190. The Morgan fingerprint density at radius 3 is 2.47 bits per heavy atom. The van der Waals surface area contributed by atoms with Gasteiger partial charge >= 0.3 is 0 Å². The quantitative estimate of drug-likeness (QED) is 0.133. The Hall–Kier alpha value is -6.35. The van der Waals surface area contributed by atoms with Crippen LogP contribution in [0, 0.1) is 24.5 Å². The molecule has 14 nitrogen and oxygen atoms in total. The molecule has 2 aliphatic carbocycles. The zero-order chi connectivity index (χ0) is 44.2. The highest BCUT2D eigenvalue weighted by molar-refractivity contribution is 7.92. The Morgan fingerprint density at radius 2 is 1.77 bits per heavy atom. The van der Waals surface area contributed by atoms with Crippen molar-refractivity contribution in [1.82, 2.24) is 44.4 Å². The number of sulfonamides is 1. The number of aromatic nitrogens is 8. The second-order valence-corrected chi connectivity index (χ2v) is 17.4. The first-order valence-corrected chi connectivity index (χ1v) is 21.1. The van der Waals surface area contributed by atoms with E-state index in [0.717, 1.165) is 23.0 Å². The lowest BCUT2D eigenvalue weighted by Gasteiger charge is -2.24. The first-order chi connectivity index (χ1) is 29.3. The van der Waals surface area contributed by atoms with Crippen LogP contribution in [0.5, 0.6) is 0 Å². The Labute approximate surface area is 351 Å². The molecule has 3 atom stereocenters. The van der Waals surface area contributed by atoms with E-state index in [1.165, 1.54) is 42.2 Å². The van der Waals surface area contributed by atoms with Gasteiger partial charge in [-0.3, -0.25) is 28.2 Å². The van der Waals surface area contributed by atoms with Crippen molar-refractivity contribution in [3.8, 4) is 17.1 Å². The van der Waals surface area contributed by atoms with Crippen LogP contribution in [0.4, 0.5) is 32.2 Å². The molecule has 0 unspecified atom stereocenters. The van der Waals surface area contributed by atoms with E-state index in [1.54, 1.807) is 19.1 Å². The van der Waals surface area contributed by atoms with Crippen molar-refractivity contribution in [2.24, 2.45) is 13.0 Å². The summed E-state index contributed by atoms with van der Waals surface area (Å²) in [5.41, 5.74) is -1.49. The Morgan fingerprint density at radius 1 is 1.03 bits per heavy atom. The number of aryl methyl sites for hydroxylation is 2. The molecule has 4 heterocycles.